The van der Waals surface area contributed by atoms with Crippen LogP contribution in [0.3, 0.4) is 0 Å². The largest absolute Gasteiger partial charge is 0.490 e. The van der Waals surface area contributed by atoms with Gasteiger partial charge in [0.15, 0.2) is 0 Å². The third-order valence-electron chi connectivity index (χ3n) is 4.76. The molecule has 0 saturated heterocycles. The third-order valence-corrected chi connectivity index (χ3v) is 7.67. The first-order chi connectivity index (χ1) is 18.9. The molecule has 0 aliphatic heterocycles. The molecule has 4 N–H and O–H groups in total. The Labute approximate surface area is 235 Å². The minimum absolute atomic E-state index is 0.101. The van der Waals surface area contributed by atoms with Gasteiger partial charge in [0.25, 0.3) is 0 Å². The number of hydrogen-bond acceptors (Lipinski definition) is 8. The quantitative estimate of drug-likeness (QED) is 0.160. The topological polar surface area (TPSA) is 133 Å². The molecule has 1 heterocycles. The first-order valence-electron chi connectivity index (χ1n) is 11.5. The Hall–Kier alpha value is -3.57. The summed E-state index contributed by atoms with van der Waals surface area (Å²) in [6.07, 6.45) is -8.20. The number of anilines is 4. The lowest BCUT2D eigenvalue weighted by Crippen LogP contribution is -2.21. The average Bonchev–Trinajstić information content (AvgIpc) is 2.87. The fraction of sp³-hybridized carbons (Fsp3) is 0.292. The lowest BCUT2D eigenvalue weighted by molar-refractivity contribution is -0.192. The summed E-state index contributed by atoms with van der Waals surface area (Å²) in [6, 6.07) is 11.0. The number of nitrogens with zero attached hydrogens (tertiary/aromatic N) is 2. The minimum atomic E-state index is -5.08. The normalized spacial score (nSPS) is 12.0. The molecule has 0 aliphatic rings. The van der Waals surface area contributed by atoms with Crippen molar-refractivity contribution >= 4 is 50.8 Å². The molecule has 2 aromatic carbocycles. The van der Waals surface area contributed by atoms with Gasteiger partial charge in [-0.1, -0.05) is 13.8 Å². The molecule has 0 spiro atoms. The summed E-state index contributed by atoms with van der Waals surface area (Å²) in [5.74, 6) is -0.760. The molecule has 41 heavy (non-hydrogen) atoms. The van der Waals surface area contributed by atoms with Gasteiger partial charge in [0.05, 0.1) is 16.1 Å². The second-order valence-corrected chi connectivity index (χ2v) is 11.4. The summed E-state index contributed by atoms with van der Waals surface area (Å²) < 4.78 is 96.9. The van der Waals surface area contributed by atoms with Gasteiger partial charge in [-0.25, -0.2) is 27.9 Å². The number of sulfonamides is 1. The molecular weight excluding hydrogens is 600 g/mol. The van der Waals surface area contributed by atoms with E-state index in [-0.39, 0.29) is 4.90 Å². The molecule has 0 unspecified atom stereocenters. The molecular formula is C24H25F6N5O4S2. The summed E-state index contributed by atoms with van der Waals surface area (Å²) >= 11 is 1.58. The standard InChI is InChI=1S/C22H24F3N5O2S2.C2HF3O2/c1-14(2)12-33-19-9-8-17(34(31,32)26-3)10-18(19)30-21-11-20(27-13-28-21)29-16-6-4-15(5-7-16)22(23,24)25;3-2(4,5)1(6)7/h4-11,13-14,26H,12H2,1-3H3,(H2,27,28,29,30);(H,6,7). The number of nitrogens with one attached hydrogen (secondary N) is 3. The van der Waals surface area contributed by atoms with Gasteiger partial charge in [0, 0.05) is 22.4 Å². The number of aliphatic carboxylic acids is 1. The number of rotatable bonds is 9. The van der Waals surface area contributed by atoms with Crippen molar-refractivity contribution in [3.63, 3.8) is 0 Å². The van der Waals surface area contributed by atoms with E-state index in [1.807, 2.05) is 0 Å². The SMILES string of the molecule is CNS(=O)(=O)c1ccc(SCC(C)C)c(Nc2cc(Nc3ccc(C(F)(F)F)cc3)ncn2)c1.O=C(O)C(F)(F)F. The van der Waals surface area contributed by atoms with E-state index in [0.29, 0.717) is 28.9 Å². The van der Waals surface area contributed by atoms with Crippen molar-refractivity contribution in [3.05, 3.63) is 60.4 Å². The van der Waals surface area contributed by atoms with Gasteiger partial charge in [-0.2, -0.15) is 26.3 Å². The van der Waals surface area contributed by atoms with E-state index in [4.69, 9.17) is 9.90 Å². The molecule has 1 aromatic heterocycles. The maximum atomic E-state index is 12.8. The maximum Gasteiger partial charge on any atom is 0.490 e. The fourth-order valence-corrected chi connectivity index (χ4v) is 4.50. The van der Waals surface area contributed by atoms with Crippen molar-refractivity contribution in [2.45, 2.75) is 36.0 Å². The monoisotopic (exact) mass is 625 g/mol. The fourth-order valence-electron chi connectivity index (χ4n) is 2.80. The van der Waals surface area contributed by atoms with Crippen molar-refractivity contribution in [2.24, 2.45) is 5.92 Å². The highest BCUT2D eigenvalue weighted by Crippen LogP contribution is 2.33. The van der Waals surface area contributed by atoms with Crippen LogP contribution >= 0.6 is 11.8 Å². The highest BCUT2D eigenvalue weighted by molar-refractivity contribution is 7.99. The molecule has 0 radical (unpaired) electrons. The van der Waals surface area contributed by atoms with Crippen molar-refractivity contribution in [2.75, 3.05) is 23.4 Å². The van der Waals surface area contributed by atoms with E-state index in [2.05, 4.69) is 39.2 Å². The number of thioether (sulfide) groups is 1. The molecule has 9 nitrogen and oxygen atoms in total. The summed E-state index contributed by atoms with van der Waals surface area (Å²) in [5, 5.41) is 13.2. The first kappa shape index (κ1) is 33.6. The Kier molecular flexibility index (Phi) is 11.4. The predicted octanol–water partition coefficient (Wildman–Crippen LogP) is 6.27. The first-order valence-corrected chi connectivity index (χ1v) is 13.9. The van der Waals surface area contributed by atoms with E-state index >= 15 is 0 Å². The molecule has 17 heteroatoms. The maximum absolute atomic E-state index is 12.8. The van der Waals surface area contributed by atoms with Crippen molar-refractivity contribution < 1.29 is 44.7 Å². The number of carbonyl (C=O) groups is 1. The zero-order chi connectivity index (χ0) is 31.0. The number of benzene rings is 2. The number of aromatic nitrogens is 2. The van der Waals surface area contributed by atoms with Gasteiger partial charge in [-0.3, -0.25) is 0 Å². The van der Waals surface area contributed by atoms with Crippen LogP contribution in [0.2, 0.25) is 0 Å². The molecule has 0 amide bonds. The highest BCUT2D eigenvalue weighted by Gasteiger charge is 2.38. The van der Waals surface area contributed by atoms with Crippen LogP contribution in [-0.2, 0) is 21.0 Å². The van der Waals surface area contributed by atoms with Crippen LogP contribution in [0.5, 0.6) is 0 Å². The number of carboxylic acid groups (broad SMARTS) is 1. The molecule has 0 atom stereocenters. The summed E-state index contributed by atoms with van der Waals surface area (Å²) in [7, 11) is -2.31. The predicted molar refractivity (Wildman–Crippen MR) is 142 cm³/mol. The van der Waals surface area contributed by atoms with Crippen LogP contribution in [0.1, 0.15) is 19.4 Å². The number of halogens is 6. The molecule has 3 aromatic rings. The zero-order valence-corrected chi connectivity index (χ0v) is 23.3. The number of hydrogen-bond donors (Lipinski definition) is 4. The van der Waals surface area contributed by atoms with E-state index < -0.39 is 33.9 Å². The lowest BCUT2D eigenvalue weighted by Gasteiger charge is -2.15. The Morgan fingerprint density at radius 1 is 0.951 bits per heavy atom. The second kappa shape index (κ2) is 13.9. The Balaban J connectivity index is 0.000000745. The van der Waals surface area contributed by atoms with E-state index in [0.717, 1.165) is 22.8 Å². The summed E-state index contributed by atoms with van der Waals surface area (Å²) in [5.41, 5.74) is 0.236. The Morgan fingerprint density at radius 2 is 1.51 bits per heavy atom. The van der Waals surface area contributed by atoms with Gasteiger partial charge >= 0.3 is 18.3 Å². The number of carboxylic acids is 1. The zero-order valence-electron chi connectivity index (χ0n) is 21.6. The van der Waals surface area contributed by atoms with Crippen molar-refractivity contribution in [3.8, 4) is 0 Å². The minimum Gasteiger partial charge on any atom is -0.475 e. The highest BCUT2D eigenvalue weighted by atomic mass is 32.2. The molecule has 0 fully saturated rings. The van der Waals surface area contributed by atoms with E-state index in [1.165, 1.54) is 37.6 Å². The lowest BCUT2D eigenvalue weighted by atomic mass is 10.2. The van der Waals surface area contributed by atoms with Crippen LogP contribution in [0.25, 0.3) is 0 Å². The van der Waals surface area contributed by atoms with Crippen molar-refractivity contribution in [1.29, 1.82) is 0 Å². The van der Waals surface area contributed by atoms with Gasteiger partial charge in [0.1, 0.15) is 18.0 Å². The third kappa shape index (κ3) is 10.7. The van der Waals surface area contributed by atoms with Gasteiger partial charge in [0.2, 0.25) is 10.0 Å². The van der Waals surface area contributed by atoms with Gasteiger partial charge < -0.3 is 15.7 Å². The summed E-state index contributed by atoms with van der Waals surface area (Å²) in [4.78, 5) is 18.1. The Morgan fingerprint density at radius 3 is 2.00 bits per heavy atom. The molecule has 0 bridgehead atoms. The Bertz CT molecular complexity index is 1430. The smallest absolute Gasteiger partial charge is 0.475 e. The van der Waals surface area contributed by atoms with Gasteiger partial charge in [-0.05, 0) is 55.4 Å². The van der Waals surface area contributed by atoms with Crippen LogP contribution in [0, 0.1) is 5.92 Å². The summed E-state index contributed by atoms with van der Waals surface area (Å²) in [6.45, 7) is 4.17. The molecule has 224 valence electrons. The van der Waals surface area contributed by atoms with Gasteiger partial charge in [-0.15, -0.1) is 11.8 Å². The number of alkyl halides is 6. The molecule has 3 rings (SSSR count). The van der Waals surface area contributed by atoms with Crippen LogP contribution < -0.4 is 15.4 Å². The second-order valence-electron chi connectivity index (χ2n) is 8.49. The molecule has 0 saturated carbocycles. The van der Waals surface area contributed by atoms with Crippen LogP contribution in [0.4, 0.5) is 49.4 Å². The van der Waals surface area contributed by atoms with Crippen LogP contribution in [-0.4, -0.2) is 48.4 Å². The van der Waals surface area contributed by atoms with E-state index in [1.54, 1.807) is 23.9 Å². The van der Waals surface area contributed by atoms with E-state index in [9.17, 15) is 34.8 Å². The average molecular weight is 626 g/mol. The molecule has 0 aliphatic carbocycles. The van der Waals surface area contributed by atoms with Crippen molar-refractivity contribution in [1.82, 2.24) is 14.7 Å². The van der Waals surface area contributed by atoms with Crippen LogP contribution in [0.15, 0.2) is 64.6 Å².